The summed E-state index contributed by atoms with van der Waals surface area (Å²) >= 11 is 0. The molecule has 0 unspecified atom stereocenters. The van der Waals surface area contributed by atoms with Crippen molar-refractivity contribution in [1.29, 1.82) is 0 Å². The lowest BCUT2D eigenvalue weighted by atomic mass is 10.3. The van der Waals surface area contributed by atoms with Crippen molar-refractivity contribution in [3.8, 4) is 0 Å². The van der Waals surface area contributed by atoms with Gasteiger partial charge in [0.1, 0.15) is 0 Å². The molecular weight excluding hydrogens is 112 g/mol. The molecule has 0 atom stereocenters. The van der Waals surface area contributed by atoms with Gasteiger partial charge in [0.2, 0.25) is 0 Å². The highest BCUT2D eigenvalue weighted by Crippen LogP contribution is 1.98. The maximum Gasteiger partial charge on any atom is 0.0369 e. The van der Waals surface area contributed by atoms with E-state index in [9.17, 15) is 0 Å². The second-order valence-electron chi connectivity index (χ2n) is 1.71. The molecule has 0 amide bonds. The van der Waals surface area contributed by atoms with Gasteiger partial charge < -0.3 is 5.73 Å². The molecule has 0 aliphatic carbocycles. The molecule has 0 fully saturated rings. The van der Waals surface area contributed by atoms with Crippen LogP contribution in [0.5, 0.6) is 0 Å². The van der Waals surface area contributed by atoms with Crippen LogP contribution in [0.25, 0.3) is 0 Å². The summed E-state index contributed by atoms with van der Waals surface area (Å²) in [6.07, 6.45) is 4.64. The SMILES string of the molecule is CC=N/C(=C\C)CCN. The van der Waals surface area contributed by atoms with Crippen molar-refractivity contribution in [1.82, 2.24) is 0 Å². The Labute approximate surface area is 56.5 Å². The van der Waals surface area contributed by atoms with E-state index in [4.69, 9.17) is 5.73 Å². The van der Waals surface area contributed by atoms with Crippen LogP contribution in [0.2, 0.25) is 0 Å². The Morgan fingerprint density at radius 1 is 1.56 bits per heavy atom. The molecule has 0 aromatic heterocycles. The van der Waals surface area contributed by atoms with Gasteiger partial charge in [0, 0.05) is 18.3 Å². The molecule has 0 aromatic rings. The van der Waals surface area contributed by atoms with Crippen LogP contribution in [-0.4, -0.2) is 12.8 Å². The summed E-state index contributed by atoms with van der Waals surface area (Å²) in [5.74, 6) is 0. The molecule has 0 aliphatic heterocycles. The van der Waals surface area contributed by atoms with Gasteiger partial charge in [-0.3, -0.25) is 4.99 Å². The standard InChI is InChI=1S/C7H14N2/c1-3-7(5-6-8)9-4-2/h3-4H,5-6,8H2,1-2H3/b7-3-,9-4?. The minimum atomic E-state index is 0.678. The Bertz CT molecular complexity index is 114. The highest BCUT2D eigenvalue weighted by atomic mass is 14.7. The molecule has 0 aliphatic rings. The van der Waals surface area contributed by atoms with E-state index < -0.39 is 0 Å². The average Bonchev–Trinajstić information content (AvgIpc) is 1.88. The van der Waals surface area contributed by atoms with Crippen molar-refractivity contribution in [2.45, 2.75) is 20.3 Å². The first-order chi connectivity index (χ1) is 4.35. The molecule has 52 valence electrons. The van der Waals surface area contributed by atoms with Crippen molar-refractivity contribution in [3.05, 3.63) is 11.8 Å². The summed E-state index contributed by atoms with van der Waals surface area (Å²) in [7, 11) is 0. The zero-order chi connectivity index (χ0) is 7.11. The summed E-state index contributed by atoms with van der Waals surface area (Å²) in [5, 5.41) is 0. The van der Waals surface area contributed by atoms with Gasteiger partial charge in [0.05, 0.1) is 0 Å². The third-order valence-corrected chi connectivity index (χ3v) is 1.03. The van der Waals surface area contributed by atoms with E-state index in [1.165, 1.54) is 0 Å². The van der Waals surface area contributed by atoms with Crippen LogP contribution in [0.4, 0.5) is 0 Å². The van der Waals surface area contributed by atoms with Gasteiger partial charge in [-0.25, -0.2) is 0 Å². The predicted octanol–water partition coefficient (Wildman–Crippen LogP) is 1.33. The molecular formula is C7H14N2. The van der Waals surface area contributed by atoms with Crippen LogP contribution >= 0.6 is 0 Å². The molecule has 0 heterocycles. The number of nitrogens with two attached hydrogens (primary N) is 1. The maximum atomic E-state index is 5.32. The van der Waals surface area contributed by atoms with Gasteiger partial charge in [-0.2, -0.15) is 0 Å². The van der Waals surface area contributed by atoms with Crippen molar-refractivity contribution < 1.29 is 0 Å². The van der Waals surface area contributed by atoms with Crippen LogP contribution in [-0.2, 0) is 0 Å². The van der Waals surface area contributed by atoms with E-state index in [-0.39, 0.29) is 0 Å². The van der Waals surface area contributed by atoms with Crippen LogP contribution in [0.3, 0.4) is 0 Å². The van der Waals surface area contributed by atoms with Gasteiger partial charge in [-0.05, 0) is 20.4 Å². The van der Waals surface area contributed by atoms with Gasteiger partial charge in [-0.15, -0.1) is 0 Å². The molecule has 2 nitrogen and oxygen atoms in total. The first-order valence-corrected chi connectivity index (χ1v) is 3.19. The van der Waals surface area contributed by atoms with E-state index in [1.54, 1.807) is 6.21 Å². The molecule has 0 saturated heterocycles. The summed E-state index contributed by atoms with van der Waals surface area (Å²) in [6, 6.07) is 0. The fourth-order valence-electron chi connectivity index (χ4n) is 0.597. The number of hydrogen-bond donors (Lipinski definition) is 1. The van der Waals surface area contributed by atoms with E-state index in [0.717, 1.165) is 12.1 Å². The van der Waals surface area contributed by atoms with Gasteiger partial charge >= 0.3 is 0 Å². The normalized spacial score (nSPS) is 13.0. The fourth-order valence-corrected chi connectivity index (χ4v) is 0.597. The summed E-state index contributed by atoms with van der Waals surface area (Å²) in [4.78, 5) is 4.09. The molecule has 0 rings (SSSR count). The monoisotopic (exact) mass is 126 g/mol. The molecule has 0 saturated carbocycles. The van der Waals surface area contributed by atoms with Crippen molar-refractivity contribution in [2.75, 3.05) is 6.54 Å². The quantitative estimate of drug-likeness (QED) is 0.569. The highest BCUT2D eigenvalue weighted by molar-refractivity contribution is 5.55. The number of aliphatic imine (C=N–C) groups is 1. The minimum Gasteiger partial charge on any atom is -0.330 e. The highest BCUT2D eigenvalue weighted by Gasteiger charge is 1.86. The third-order valence-electron chi connectivity index (χ3n) is 1.03. The Balaban J connectivity index is 3.70. The Morgan fingerprint density at radius 3 is 2.56 bits per heavy atom. The lowest BCUT2D eigenvalue weighted by Gasteiger charge is -1.94. The largest absolute Gasteiger partial charge is 0.330 e. The fraction of sp³-hybridized carbons (Fsp3) is 0.571. The van der Waals surface area contributed by atoms with E-state index in [1.807, 2.05) is 19.9 Å². The van der Waals surface area contributed by atoms with E-state index in [2.05, 4.69) is 4.99 Å². The second kappa shape index (κ2) is 5.51. The van der Waals surface area contributed by atoms with E-state index in [0.29, 0.717) is 6.54 Å². The van der Waals surface area contributed by atoms with Crippen LogP contribution in [0.1, 0.15) is 20.3 Å². The summed E-state index contributed by atoms with van der Waals surface area (Å²) < 4.78 is 0. The van der Waals surface area contributed by atoms with Gasteiger partial charge in [0.15, 0.2) is 0 Å². The summed E-state index contributed by atoms with van der Waals surface area (Å²) in [5.41, 5.74) is 6.39. The molecule has 9 heavy (non-hydrogen) atoms. The number of nitrogens with zero attached hydrogens (tertiary/aromatic N) is 1. The zero-order valence-corrected chi connectivity index (χ0v) is 6.09. The predicted molar refractivity (Wildman–Crippen MR) is 41.6 cm³/mol. The lowest BCUT2D eigenvalue weighted by Crippen LogP contribution is -1.98. The second-order valence-corrected chi connectivity index (χ2v) is 1.71. The molecule has 0 spiro atoms. The average molecular weight is 126 g/mol. The smallest absolute Gasteiger partial charge is 0.0369 e. The zero-order valence-electron chi connectivity index (χ0n) is 6.09. The Hall–Kier alpha value is -0.630. The van der Waals surface area contributed by atoms with Gasteiger partial charge in [0.25, 0.3) is 0 Å². The number of rotatable bonds is 3. The van der Waals surface area contributed by atoms with Gasteiger partial charge in [-0.1, -0.05) is 6.08 Å². The maximum absolute atomic E-state index is 5.32. The molecule has 0 aromatic carbocycles. The number of allylic oxidation sites excluding steroid dienone is 1. The molecule has 0 bridgehead atoms. The molecule has 2 heteroatoms. The van der Waals surface area contributed by atoms with Crippen LogP contribution in [0.15, 0.2) is 16.8 Å². The van der Waals surface area contributed by atoms with Crippen molar-refractivity contribution >= 4 is 6.21 Å². The minimum absolute atomic E-state index is 0.678. The Morgan fingerprint density at radius 2 is 2.22 bits per heavy atom. The van der Waals surface area contributed by atoms with Crippen LogP contribution in [0, 0.1) is 0 Å². The lowest BCUT2D eigenvalue weighted by molar-refractivity contribution is 0.934. The van der Waals surface area contributed by atoms with Crippen molar-refractivity contribution in [3.63, 3.8) is 0 Å². The topological polar surface area (TPSA) is 38.4 Å². The summed E-state index contributed by atoms with van der Waals surface area (Å²) in [6.45, 7) is 4.55. The molecule has 2 N–H and O–H groups in total. The first-order valence-electron chi connectivity index (χ1n) is 3.19. The van der Waals surface area contributed by atoms with E-state index >= 15 is 0 Å². The van der Waals surface area contributed by atoms with Crippen LogP contribution < -0.4 is 5.73 Å². The molecule has 0 radical (unpaired) electrons. The first kappa shape index (κ1) is 8.37. The number of hydrogen-bond acceptors (Lipinski definition) is 2. The third kappa shape index (κ3) is 3.91. The van der Waals surface area contributed by atoms with Crippen molar-refractivity contribution in [2.24, 2.45) is 10.7 Å². The Kier molecular flexibility index (Phi) is 5.12.